The van der Waals surface area contributed by atoms with Gasteiger partial charge in [-0.3, -0.25) is 0 Å². The Hall–Kier alpha value is -0.863. The Balaban J connectivity index is 2.94. The minimum atomic E-state index is -1.42. The van der Waals surface area contributed by atoms with Gasteiger partial charge < -0.3 is 5.11 Å². The predicted octanol–water partition coefficient (Wildman–Crippen LogP) is 4.96. The van der Waals surface area contributed by atoms with Crippen molar-refractivity contribution in [2.75, 3.05) is 0 Å². The molecule has 2 atom stereocenters. The predicted molar refractivity (Wildman–Crippen MR) is 86.9 cm³/mol. The first-order chi connectivity index (χ1) is 8.88. The Morgan fingerprint density at radius 3 is 2.26 bits per heavy atom. The molecule has 0 saturated carbocycles. The van der Waals surface area contributed by atoms with Gasteiger partial charge in [0, 0.05) is 5.92 Å². The van der Waals surface area contributed by atoms with Crippen LogP contribution in [0.15, 0.2) is 42.1 Å². The minimum absolute atomic E-state index is 0.203. The molecule has 0 bridgehead atoms. The topological polar surface area (TPSA) is 20.2 Å². The molecule has 0 unspecified atom stereocenters. The molecule has 1 rings (SSSR count). The quantitative estimate of drug-likeness (QED) is 0.698. The molecule has 106 valence electrons. The molecule has 1 N–H and O–H groups in total. The smallest absolute Gasteiger partial charge is 0.0851 e. The van der Waals surface area contributed by atoms with Crippen LogP contribution in [0.3, 0.4) is 0 Å². The van der Waals surface area contributed by atoms with Crippen LogP contribution in [0.4, 0.5) is 0 Å². The summed E-state index contributed by atoms with van der Waals surface area (Å²) in [5.41, 5.74) is 1.02. The van der Waals surface area contributed by atoms with Crippen molar-refractivity contribution in [3.63, 3.8) is 0 Å². The summed E-state index contributed by atoms with van der Waals surface area (Å²) in [7, 11) is -1.42. The third kappa shape index (κ3) is 4.63. The van der Waals surface area contributed by atoms with Crippen molar-refractivity contribution in [3.8, 4) is 0 Å². The normalized spacial score (nSPS) is 15.0. The molecule has 0 saturated heterocycles. The Labute approximate surface area is 119 Å². The summed E-state index contributed by atoms with van der Waals surface area (Å²) in [6.07, 6.45) is 2.94. The summed E-state index contributed by atoms with van der Waals surface area (Å²) in [6.45, 7) is 13.5. The SMILES string of the molecule is C=C([C@@H](CCCC)[C@H](O)c1ccccc1)[Si](C)(C)C. The molecule has 2 heteroatoms. The second-order valence-corrected chi connectivity index (χ2v) is 11.5. The molecule has 1 nitrogen and oxygen atoms in total. The van der Waals surface area contributed by atoms with Crippen molar-refractivity contribution < 1.29 is 5.11 Å². The lowest BCUT2D eigenvalue weighted by molar-refractivity contribution is 0.123. The molecule has 0 amide bonds. The zero-order chi connectivity index (χ0) is 14.5. The van der Waals surface area contributed by atoms with Gasteiger partial charge in [-0.05, 0) is 12.0 Å². The minimum Gasteiger partial charge on any atom is -0.388 e. The summed E-state index contributed by atoms with van der Waals surface area (Å²) >= 11 is 0. The van der Waals surface area contributed by atoms with E-state index in [1.165, 1.54) is 5.20 Å². The third-order valence-electron chi connectivity index (χ3n) is 3.80. The molecule has 0 spiro atoms. The van der Waals surface area contributed by atoms with E-state index in [4.69, 9.17) is 0 Å². The lowest BCUT2D eigenvalue weighted by Crippen LogP contribution is -2.31. The highest BCUT2D eigenvalue weighted by molar-refractivity contribution is 6.83. The molecule has 0 aliphatic heterocycles. The van der Waals surface area contributed by atoms with Gasteiger partial charge in [-0.15, -0.1) is 6.58 Å². The first-order valence-corrected chi connectivity index (χ1v) is 10.8. The number of hydrogen-bond acceptors (Lipinski definition) is 1. The zero-order valence-corrected chi connectivity index (χ0v) is 13.8. The van der Waals surface area contributed by atoms with Crippen molar-refractivity contribution >= 4 is 8.07 Å². The number of rotatable bonds is 7. The van der Waals surface area contributed by atoms with Gasteiger partial charge in [0.05, 0.1) is 14.2 Å². The van der Waals surface area contributed by atoms with Crippen LogP contribution in [-0.2, 0) is 0 Å². The second kappa shape index (κ2) is 7.06. The van der Waals surface area contributed by atoms with Crippen molar-refractivity contribution in [1.29, 1.82) is 0 Å². The number of aliphatic hydroxyl groups is 1. The van der Waals surface area contributed by atoms with Gasteiger partial charge in [0.2, 0.25) is 0 Å². The Kier molecular flexibility index (Phi) is 6.02. The average molecular weight is 276 g/mol. The summed E-state index contributed by atoms with van der Waals surface area (Å²) in [6, 6.07) is 10.0. The maximum absolute atomic E-state index is 10.7. The molecule has 0 fully saturated rings. The standard InChI is InChI=1S/C17H28OSi/c1-6-7-13-16(14(2)19(3,4)5)17(18)15-11-9-8-10-12-15/h8-12,16-18H,2,6-7,13H2,1,3-5H3/t16-,17-/m1/s1. The number of unbranched alkanes of at least 4 members (excludes halogenated alkanes) is 1. The summed E-state index contributed by atoms with van der Waals surface area (Å²) in [4.78, 5) is 0. The fourth-order valence-corrected chi connectivity index (χ4v) is 3.80. The van der Waals surface area contributed by atoms with Crippen LogP contribution in [-0.4, -0.2) is 13.2 Å². The molecule has 1 aromatic rings. The molecule has 0 aliphatic carbocycles. The van der Waals surface area contributed by atoms with E-state index in [-0.39, 0.29) is 5.92 Å². The van der Waals surface area contributed by atoms with Crippen LogP contribution in [0.1, 0.15) is 37.9 Å². The molecule has 0 aliphatic rings. The van der Waals surface area contributed by atoms with E-state index >= 15 is 0 Å². The number of aliphatic hydroxyl groups excluding tert-OH is 1. The first-order valence-electron chi connectivity index (χ1n) is 7.30. The monoisotopic (exact) mass is 276 g/mol. The largest absolute Gasteiger partial charge is 0.388 e. The van der Waals surface area contributed by atoms with Gasteiger partial charge in [0.15, 0.2) is 0 Å². The molecule has 0 radical (unpaired) electrons. The van der Waals surface area contributed by atoms with E-state index in [1.54, 1.807) is 0 Å². The van der Waals surface area contributed by atoms with Crippen LogP contribution < -0.4 is 0 Å². The van der Waals surface area contributed by atoms with Gasteiger partial charge >= 0.3 is 0 Å². The molecule has 19 heavy (non-hydrogen) atoms. The maximum atomic E-state index is 10.7. The molecular weight excluding hydrogens is 248 g/mol. The Morgan fingerprint density at radius 1 is 1.21 bits per heavy atom. The van der Waals surface area contributed by atoms with E-state index in [0.717, 1.165) is 24.8 Å². The van der Waals surface area contributed by atoms with Gasteiger partial charge in [0.1, 0.15) is 0 Å². The van der Waals surface area contributed by atoms with Crippen LogP contribution in [0, 0.1) is 5.92 Å². The maximum Gasteiger partial charge on any atom is 0.0851 e. The van der Waals surface area contributed by atoms with Crippen LogP contribution >= 0.6 is 0 Å². The zero-order valence-electron chi connectivity index (χ0n) is 12.8. The van der Waals surface area contributed by atoms with Crippen LogP contribution in [0.25, 0.3) is 0 Å². The van der Waals surface area contributed by atoms with Gasteiger partial charge in [0.25, 0.3) is 0 Å². The summed E-state index contributed by atoms with van der Waals surface area (Å²) in [5.74, 6) is 0.203. The van der Waals surface area contributed by atoms with Crippen molar-refractivity contribution in [1.82, 2.24) is 0 Å². The van der Waals surface area contributed by atoms with Crippen LogP contribution in [0.5, 0.6) is 0 Å². The lowest BCUT2D eigenvalue weighted by atomic mass is 9.91. The second-order valence-electron chi connectivity index (χ2n) is 6.38. The Bertz CT molecular complexity index is 391. The van der Waals surface area contributed by atoms with Crippen molar-refractivity contribution in [2.45, 2.75) is 51.9 Å². The molecular formula is C17H28OSi. The fourth-order valence-electron chi connectivity index (χ4n) is 2.39. The van der Waals surface area contributed by atoms with E-state index < -0.39 is 14.2 Å². The lowest BCUT2D eigenvalue weighted by Gasteiger charge is -2.32. The van der Waals surface area contributed by atoms with E-state index in [2.05, 4.69) is 33.1 Å². The summed E-state index contributed by atoms with van der Waals surface area (Å²) < 4.78 is 0. The van der Waals surface area contributed by atoms with Gasteiger partial charge in [-0.1, -0.05) is 74.9 Å². The Morgan fingerprint density at radius 2 is 1.79 bits per heavy atom. The highest BCUT2D eigenvalue weighted by Crippen LogP contribution is 2.35. The summed E-state index contributed by atoms with van der Waals surface area (Å²) in [5, 5.41) is 12.0. The molecule has 0 aromatic heterocycles. The number of benzene rings is 1. The van der Waals surface area contributed by atoms with E-state index in [1.807, 2.05) is 30.3 Å². The van der Waals surface area contributed by atoms with E-state index in [9.17, 15) is 5.11 Å². The molecule has 1 aromatic carbocycles. The fraction of sp³-hybridized carbons (Fsp3) is 0.529. The van der Waals surface area contributed by atoms with Crippen molar-refractivity contribution in [2.24, 2.45) is 5.92 Å². The first kappa shape index (κ1) is 16.2. The van der Waals surface area contributed by atoms with Crippen molar-refractivity contribution in [3.05, 3.63) is 47.7 Å². The van der Waals surface area contributed by atoms with Crippen LogP contribution in [0.2, 0.25) is 19.6 Å². The van der Waals surface area contributed by atoms with Gasteiger partial charge in [-0.25, -0.2) is 0 Å². The molecule has 0 heterocycles. The highest BCUT2D eigenvalue weighted by atomic mass is 28.3. The van der Waals surface area contributed by atoms with E-state index in [0.29, 0.717) is 0 Å². The number of hydrogen-bond donors (Lipinski definition) is 1. The van der Waals surface area contributed by atoms with Gasteiger partial charge in [-0.2, -0.15) is 0 Å². The third-order valence-corrected chi connectivity index (χ3v) is 6.10. The average Bonchev–Trinajstić information content (AvgIpc) is 2.38. The highest BCUT2D eigenvalue weighted by Gasteiger charge is 2.30.